The van der Waals surface area contributed by atoms with E-state index in [1.54, 1.807) is 18.2 Å². The molecule has 1 fully saturated rings. The highest BCUT2D eigenvalue weighted by Crippen LogP contribution is 2.35. The van der Waals surface area contributed by atoms with Crippen molar-refractivity contribution in [1.29, 1.82) is 0 Å². The molecule has 1 N–H and O–H groups in total. The lowest BCUT2D eigenvalue weighted by atomic mass is 10.1. The molecule has 0 spiro atoms. The second-order valence-corrected chi connectivity index (χ2v) is 7.34. The van der Waals surface area contributed by atoms with Crippen molar-refractivity contribution in [1.82, 2.24) is 4.98 Å². The Hall–Kier alpha value is -2.57. The molecule has 6 nitrogen and oxygen atoms in total. The van der Waals surface area contributed by atoms with Crippen molar-refractivity contribution >= 4 is 51.9 Å². The highest BCUT2D eigenvalue weighted by atomic mass is 35.5. The standard InChI is InChI=1S/C19H14Cl2N2O4/c1-9-2-3-10(4-15(9)23-8-11(19(25)26)5-16(23)24)18-22-14-7-12(20)6-13(21)17(14)27-18/h2-4,6-7,11H,5,8H2,1H3,(H,25,26). The van der Waals surface area contributed by atoms with Gasteiger partial charge in [0, 0.05) is 29.2 Å². The van der Waals surface area contributed by atoms with E-state index in [1.165, 1.54) is 4.90 Å². The number of nitrogens with zero attached hydrogens (tertiary/aromatic N) is 2. The molecule has 1 aliphatic heterocycles. The van der Waals surface area contributed by atoms with Gasteiger partial charge < -0.3 is 14.4 Å². The molecular formula is C19H14Cl2N2O4. The van der Waals surface area contributed by atoms with E-state index in [1.807, 2.05) is 19.1 Å². The monoisotopic (exact) mass is 404 g/mol. The normalized spacial score (nSPS) is 17.1. The molecule has 3 aromatic rings. The van der Waals surface area contributed by atoms with Crippen LogP contribution in [-0.4, -0.2) is 28.5 Å². The smallest absolute Gasteiger partial charge is 0.308 e. The predicted molar refractivity (Wildman–Crippen MR) is 102 cm³/mol. The number of amides is 1. The van der Waals surface area contributed by atoms with E-state index in [4.69, 9.17) is 27.6 Å². The summed E-state index contributed by atoms with van der Waals surface area (Å²) in [5, 5.41) is 10.0. The number of aryl methyl sites for hydroxylation is 1. The zero-order valence-electron chi connectivity index (χ0n) is 14.2. The Balaban J connectivity index is 1.76. The van der Waals surface area contributed by atoms with Crippen LogP contribution in [0.3, 0.4) is 0 Å². The number of hydrogen-bond donors (Lipinski definition) is 1. The van der Waals surface area contributed by atoms with E-state index in [9.17, 15) is 14.7 Å². The fourth-order valence-corrected chi connectivity index (χ4v) is 3.74. The van der Waals surface area contributed by atoms with E-state index in [0.29, 0.717) is 38.3 Å². The van der Waals surface area contributed by atoms with Crippen LogP contribution in [0.4, 0.5) is 5.69 Å². The number of fused-ring (bicyclic) bond motifs is 1. The summed E-state index contributed by atoms with van der Waals surface area (Å²) in [6.07, 6.45) is -0.00397. The molecule has 0 radical (unpaired) electrons. The molecule has 1 aromatic heterocycles. The van der Waals surface area contributed by atoms with Crippen LogP contribution in [0.25, 0.3) is 22.6 Å². The lowest BCUT2D eigenvalue weighted by Gasteiger charge is -2.19. The van der Waals surface area contributed by atoms with Crippen LogP contribution in [0.2, 0.25) is 10.0 Å². The minimum absolute atomic E-state index is 0.00397. The summed E-state index contributed by atoms with van der Waals surface area (Å²) in [5.41, 5.74) is 3.13. The number of carbonyl (C=O) groups excluding carboxylic acids is 1. The molecular weight excluding hydrogens is 391 g/mol. The average Bonchev–Trinajstić information content (AvgIpc) is 3.19. The third-order valence-electron chi connectivity index (χ3n) is 4.63. The fourth-order valence-electron chi connectivity index (χ4n) is 3.22. The molecule has 1 atom stereocenters. The van der Waals surface area contributed by atoms with Gasteiger partial charge in [-0.15, -0.1) is 0 Å². The van der Waals surface area contributed by atoms with Gasteiger partial charge in [-0.3, -0.25) is 9.59 Å². The maximum Gasteiger partial charge on any atom is 0.308 e. The summed E-state index contributed by atoms with van der Waals surface area (Å²) in [6, 6.07) is 8.68. The van der Waals surface area contributed by atoms with Gasteiger partial charge in [-0.05, 0) is 36.8 Å². The van der Waals surface area contributed by atoms with Gasteiger partial charge in [0.15, 0.2) is 5.58 Å². The summed E-state index contributed by atoms with van der Waals surface area (Å²) in [7, 11) is 0. The summed E-state index contributed by atoms with van der Waals surface area (Å²) in [4.78, 5) is 29.5. The SMILES string of the molecule is Cc1ccc(-c2nc3cc(Cl)cc(Cl)c3o2)cc1N1CC(C(=O)O)CC1=O. The highest BCUT2D eigenvalue weighted by molar-refractivity contribution is 6.38. The number of benzene rings is 2. The third kappa shape index (κ3) is 3.15. The van der Waals surface area contributed by atoms with E-state index in [2.05, 4.69) is 4.98 Å². The number of oxazole rings is 1. The van der Waals surface area contributed by atoms with Crippen molar-refractivity contribution in [3.05, 3.63) is 45.9 Å². The van der Waals surface area contributed by atoms with Crippen LogP contribution < -0.4 is 4.90 Å². The van der Waals surface area contributed by atoms with Gasteiger partial charge in [-0.2, -0.15) is 0 Å². The first-order valence-corrected chi connectivity index (χ1v) is 8.99. The first-order valence-electron chi connectivity index (χ1n) is 8.23. The number of carboxylic acid groups (broad SMARTS) is 1. The molecule has 138 valence electrons. The molecule has 4 rings (SSSR count). The molecule has 2 aromatic carbocycles. The zero-order valence-corrected chi connectivity index (χ0v) is 15.7. The Morgan fingerprint density at radius 1 is 1.30 bits per heavy atom. The van der Waals surface area contributed by atoms with E-state index in [0.717, 1.165) is 5.56 Å². The van der Waals surface area contributed by atoms with Gasteiger partial charge in [0.05, 0.1) is 10.9 Å². The van der Waals surface area contributed by atoms with Crippen LogP contribution >= 0.6 is 23.2 Å². The first-order chi connectivity index (χ1) is 12.8. The van der Waals surface area contributed by atoms with Crippen molar-refractivity contribution in [3.63, 3.8) is 0 Å². The highest BCUT2D eigenvalue weighted by Gasteiger charge is 2.35. The minimum Gasteiger partial charge on any atom is -0.481 e. The molecule has 0 bridgehead atoms. The largest absolute Gasteiger partial charge is 0.481 e. The van der Waals surface area contributed by atoms with Gasteiger partial charge >= 0.3 is 5.97 Å². The Labute approximate surface area is 164 Å². The maximum absolute atomic E-state index is 12.3. The number of aliphatic carboxylic acids is 1. The summed E-state index contributed by atoms with van der Waals surface area (Å²) in [6.45, 7) is 2.01. The number of carbonyl (C=O) groups is 2. The molecule has 1 amide bonds. The zero-order chi connectivity index (χ0) is 19.3. The molecule has 0 aliphatic carbocycles. The fraction of sp³-hybridized carbons (Fsp3) is 0.211. The Kier molecular flexibility index (Phi) is 4.32. The number of carboxylic acids is 1. The minimum atomic E-state index is -0.967. The van der Waals surface area contributed by atoms with Gasteiger partial charge in [-0.25, -0.2) is 4.98 Å². The first kappa shape index (κ1) is 17.8. The van der Waals surface area contributed by atoms with Crippen LogP contribution in [0.15, 0.2) is 34.7 Å². The summed E-state index contributed by atoms with van der Waals surface area (Å²) < 4.78 is 5.78. The second kappa shape index (κ2) is 6.55. The Bertz CT molecular complexity index is 1090. The van der Waals surface area contributed by atoms with Crippen molar-refractivity contribution in [3.8, 4) is 11.5 Å². The van der Waals surface area contributed by atoms with Crippen molar-refractivity contribution in [2.75, 3.05) is 11.4 Å². The molecule has 1 unspecified atom stereocenters. The third-order valence-corrected chi connectivity index (χ3v) is 5.13. The number of rotatable bonds is 3. The van der Waals surface area contributed by atoms with Gasteiger partial charge in [-0.1, -0.05) is 29.3 Å². The molecule has 1 aliphatic rings. The number of hydrogen-bond acceptors (Lipinski definition) is 4. The predicted octanol–water partition coefficient (Wildman–Crippen LogP) is 4.55. The van der Waals surface area contributed by atoms with E-state index < -0.39 is 11.9 Å². The number of halogens is 2. The van der Waals surface area contributed by atoms with Crippen LogP contribution in [0.5, 0.6) is 0 Å². The van der Waals surface area contributed by atoms with E-state index >= 15 is 0 Å². The molecule has 1 saturated heterocycles. The van der Waals surface area contributed by atoms with Gasteiger partial charge in [0.2, 0.25) is 11.8 Å². The molecule has 27 heavy (non-hydrogen) atoms. The van der Waals surface area contributed by atoms with Crippen molar-refractivity contribution < 1.29 is 19.1 Å². The number of aromatic nitrogens is 1. The van der Waals surface area contributed by atoms with E-state index in [-0.39, 0.29) is 18.9 Å². The molecule has 8 heteroatoms. The van der Waals surface area contributed by atoms with Crippen LogP contribution in [0.1, 0.15) is 12.0 Å². The summed E-state index contributed by atoms with van der Waals surface area (Å²) in [5.74, 6) is -1.54. The quantitative estimate of drug-likeness (QED) is 0.691. The second-order valence-electron chi connectivity index (χ2n) is 6.50. The summed E-state index contributed by atoms with van der Waals surface area (Å²) >= 11 is 12.2. The maximum atomic E-state index is 12.3. The van der Waals surface area contributed by atoms with Gasteiger partial charge in [0.25, 0.3) is 0 Å². The van der Waals surface area contributed by atoms with Crippen molar-refractivity contribution in [2.24, 2.45) is 5.92 Å². The van der Waals surface area contributed by atoms with Crippen molar-refractivity contribution in [2.45, 2.75) is 13.3 Å². The van der Waals surface area contributed by atoms with Crippen LogP contribution in [-0.2, 0) is 9.59 Å². The molecule has 2 heterocycles. The average molecular weight is 405 g/mol. The van der Waals surface area contributed by atoms with Gasteiger partial charge in [0.1, 0.15) is 5.52 Å². The lowest BCUT2D eigenvalue weighted by Crippen LogP contribution is -2.26. The van der Waals surface area contributed by atoms with Crippen LogP contribution in [0, 0.1) is 12.8 Å². The lowest BCUT2D eigenvalue weighted by molar-refractivity contribution is -0.141. The molecule has 0 saturated carbocycles. The Morgan fingerprint density at radius 3 is 2.78 bits per heavy atom. The topological polar surface area (TPSA) is 83.6 Å². The number of anilines is 1. The Morgan fingerprint density at radius 2 is 2.07 bits per heavy atom.